The van der Waals surface area contributed by atoms with E-state index in [-0.39, 0.29) is 0 Å². The molecule has 0 radical (unpaired) electrons. The SMILES string of the molecule is C/C=C/C=C(\CCCCCCCCCCCC)C(=O)ON. The Labute approximate surface area is 130 Å². The fourth-order valence-electron chi connectivity index (χ4n) is 2.34. The molecule has 2 N–H and O–H groups in total. The highest BCUT2D eigenvalue weighted by Gasteiger charge is 2.08. The summed E-state index contributed by atoms with van der Waals surface area (Å²) < 4.78 is 0. The highest BCUT2D eigenvalue weighted by Crippen LogP contribution is 2.14. The number of nitrogens with two attached hydrogens (primary N) is 1. The Morgan fingerprint density at radius 3 is 1.95 bits per heavy atom. The van der Waals surface area contributed by atoms with E-state index in [9.17, 15) is 4.79 Å². The van der Waals surface area contributed by atoms with Crippen LogP contribution in [0.5, 0.6) is 0 Å². The molecule has 0 bridgehead atoms. The molecule has 0 saturated carbocycles. The molecule has 0 heterocycles. The first-order valence-electron chi connectivity index (χ1n) is 8.49. The smallest absolute Gasteiger partial charge is 0.352 e. The van der Waals surface area contributed by atoms with Crippen LogP contribution in [-0.4, -0.2) is 5.97 Å². The number of unbranched alkanes of at least 4 members (excludes halogenated alkanes) is 9. The molecule has 122 valence electrons. The molecule has 0 aromatic rings. The first-order chi connectivity index (χ1) is 10.3. The van der Waals surface area contributed by atoms with Gasteiger partial charge in [-0.3, -0.25) is 0 Å². The maximum Gasteiger partial charge on any atom is 0.352 e. The van der Waals surface area contributed by atoms with Crippen molar-refractivity contribution in [1.82, 2.24) is 0 Å². The Morgan fingerprint density at radius 2 is 1.48 bits per heavy atom. The van der Waals surface area contributed by atoms with Gasteiger partial charge in [0.2, 0.25) is 0 Å². The molecule has 0 saturated heterocycles. The van der Waals surface area contributed by atoms with Gasteiger partial charge in [0, 0.05) is 5.57 Å². The third-order valence-corrected chi connectivity index (χ3v) is 3.66. The first kappa shape index (κ1) is 19.9. The molecule has 0 aliphatic carbocycles. The van der Waals surface area contributed by atoms with E-state index in [2.05, 4.69) is 11.8 Å². The molecular weight excluding hydrogens is 262 g/mol. The standard InChI is InChI=1S/C18H33NO2/c1-3-5-7-8-9-10-11-12-13-14-16-17(15-6-4-2)18(20)21-19/h4,6,15H,3,5,7-14,16,19H2,1-2H3/b6-4+,17-15+. The number of hydrogen-bond donors (Lipinski definition) is 1. The molecule has 0 rings (SSSR count). The van der Waals surface area contributed by atoms with Crippen molar-refractivity contribution in [3.63, 3.8) is 0 Å². The van der Waals surface area contributed by atoms with Gasteiger partial charge in [0.25, 0.3) is 0 Å². The van der Waals surface area contributed by atoms with E-state index in [1.165, 1.54) is 57.8 Å². The number of rotatable bonds is 13. The fourth-order valence-corrected chi connectivity index (χ4v) is 2.34. The summed E-state index contributed by atoms with van der Waals surface area (Å²) in [6.07, 6.45) is 19.2. The number of carbonyl (C=O) groups is 1. The molecule has 0 atom stereocenters. The number of allylic oxidation sites excluding steroid dienone is 3. The molecule has 0 aromatic heterocycles. The molecule has 0 unspecified atom stereocenters. The fraction of sp³-hybridized carbons (Fsp3) is 0.722. The summed E-state index contributed by atoms with van der Waals surface area (Å²) in [4.78, 5) is 15.8. The van der Waals surface area contributed by atoms with Gasteiger partial charge in [0.15, 0.2) is 0 Å². The summed E-state index contributed by atoms with van der Waals surface area (Å²) in [6.45, 7) is 4.17. The van der Waals surface area contributed by atoms with E-state index in [1.807, 2.05) is 19.1 Å². The highest BCUT2D eigenvalue weighted by molar-refractivity contribution is 5.88. The van der Waals surface area contributed by atoms with Crippen LogP contribution >= 0.6 is 0 Å². The van der Waals surface area contributed by atoms with Crippen LogP contribution in [0.25, 0.3) is 0 Å². The monoisotopic (exact) mass is 295 g/mol. The molecule has 0 aromatic carbocycles. The Balaban J connectivity index is 3.61. The minimum absolute atomic E-state index is 0.413. The van der Waals surface area contributed by atoms with E-state index in [0.717, 1.165) is 12.8 Å². The Hall–Kier alpha value is -1.09. The summed E-state index contributed by atoms with van der Waals surface area (Å²) in [6, 6.07) is 0. The van der Waals surface area contributed by atoms with Gasteiger partial charge in [-0.15, -0.1) is 0 Å². The Morgan fingerprint density at radius 1 is 0.952 bits per heavy atom. The summed E-state index contributed by atoms with van der Waals surface area (Å²) in [5, 5.41) is 0. The van der Waals surface area contributed by atoms with Gasteiger partial charge in [-0.1, -0.05) is 82.9 Å². The van der Waals surface area contributed by atoms with Gasteiger partial charge in [0.05, 0.1) is 0 Å². The lowest BCUT2D eigenvalue weighted by Gasteiger charge is -2.05. The molecule has 0 fully saturated rings. The van der Waals surface area contributed by atoms with Crippen LogP contribution in [0.3, 0.4) is 0 Å². The van der Waals surface area contributed by atoms with Crippen molar-refractivity contribution in [1.29, 1.82) is 0 Å². The van der Waals surface area contributed by atoms with E-state index >= 15 is 0 Å². The van der Waals surface area contributed by atoms with Crippen molar-refractivity contribution in [2.75, 3.05) is 0 Å². The molecule has 3 nitrogen and oxygen atoms in total. The molecule has 21 heavy (non-hydrogen) atoms. The van der Waals surface area contributed by atoms with Gasteiger partial charge in [-0.05, 0) is 19.8 Å². The van der Waals surface area contributed by atoms with Crippen molar-refractivity contribution in [3.05, 3.63) is 23.8 Å². The zero-order chi connectivity index (χ0) is 15.8. The van der Waals surface area contributed by atoms with Gasteiger partial charge in [-0.2, -0.15) is 5.90 Å². The molecule has 0 aliphatic rings. The van der Waals surface area contributed by atoms with Gasteiger partial charge >= 0.3 is 5.97 Å². The van der Waals surface area contributed by atoms with E-state index in [4.69, 9.17) is 5.90 Å². The van der Waals surface area contributed by atoms with E-state index in [0.29, 0.717) is 5.57 Å². The molecular formula is C18H33NO2. The summed E-state index contributed by atoms with van der Waals surface area (Å²) in [7, 11) is 0. The minimum atomic E-state index is -0.413. The van der Waals surface area contributed by atoms with Crippen LogP contribution < -0.4 is 5.90 Å². The third kappa shape index (κ3) is 12.4. The van der Waals surface area contributed by atoms with Crippen LogP contribution in [0.4, 0.5) is 0 Å². The number of hydrogen-bond acceptors (Lipinski definition) is 3. The average molecular weight is 295 g/mol. The van der Waals surface area contributed by atoms with Gasteiger partial charge < -0.3 is 4.84 Å². The zero-order valence-corrected chi connectivity index (χ0v) is 13.9. The first-order valence-corrected chi connectivity index (χ1v) is 8.49. The lowest BCUT2D eigenvalue weighted by molar-refractivity contribution is -0.139. The topological polar surface area (TPSA) is 52.3 Å². The quantitative estimate of drug-likeness (QED) is 0.219. The highest BCUT2D eigenvalue weighted by atomic mass is 16.7. The van der Waals surface area contributed by atoms with E-state index < -0.39 is 5.97 Å². The summed E-state index contributed by atoms with van der Waals surface area (Å²) in [5.41, 5.74) is 0.662. The van der Waals surface area contributed by atoms with Crippen LogP contribution in [0.15, 0.2) is 23.8 Å². The second kappa shape index (κ2) is 15.3. The molecule has 0 amide bonds. The van der Waals surface area contributed by atoms with Crippen molar-refractivity contribution < 1.29 is 9.63 Å². The largest absolute Gasteiger partial charge is 0.370 e. The third-order valence-electron chi connectivity index (χ3n) is 3.66. The van der Waals surface area contributed by atoms with Gasteiger partial charge in [-0.25, -0.2) is 4.79 Å². The predicted octanol–water partition coefficient (Wildman–Crippen LogP) is 5.22. The van der Waals surface area contributed by atoms with E-state index in [1.54, 1.807) is 6.08 Å². The molecule has 3 heteroatoms. The second-order valence-electron chi connectivity index (χ2n) is 5.55. The zero-order valence-electron chi connectivity index (χ0n) is 13.9. The Bertz CT molecular complexity index is 308. The van der Waals surface area contributed by atoms with Crippen molar-refractivity contribution in [3.8, 4) is 0 Å². The minimum Gasteiger partial charge on any atom is -0.370 e. The van der Waals surface area contributed by atoms with Crippen LogP contribution in [0.2, 0.25) is 0 Å². The molecule has 0 spiro atoms. The summed E-state index contributed by atoms with van der Waals surface area (Å²) in [5.74, 6) is 4.54. The maximum absolute atomic E-state index is 11.5. The maximum atomic E-state index is 11.5. The second-order valence-corrected chi connectivity index (χ2v) is 5.55. The van der Waals surface area contributed by atoms with Gasteiger partial charge in [0.1, 0.15) is 0 Å². The van der Waals surface area contributed by atoms with Crippen molar-refractivity contribution in [2.24, 2.45) is 5.90 Å². The normalized spacial score (nSPS) is 12.0. The van der Waals surface area contributed by atoms with Crippen LogP contribution in [-0.2, 0) is 9.63 Å². The molecule has 0 aliphatic heterocycles. The van der Waals surface area contributed by atoms with Crippen LogP contribution in [0, 0.1) is 0 Å². The lowest BCUT2D eigenvalue weighted by Crippen LogP contribution is -2.12. The van der Waals surface area contributed by atoms with Crippen molar-refractivity contribution >= 4 is 5.97 Å². The number of carbonyl (C=O) groups excluding carboxylic acids is 1. The van der Waals surface area contributed by atoms with Crippen LogP contribution in [0.1, 0.15) is 84.5 Å². The summed E-state index contributed by atoms with van der Waals surface area (Å²) >= 11 is 0. The Kier molecular flexibility index (Phi) is 14.5. The average Bonchev–Trinajstić information content (AvgIpc) is 2.51. The predicted molar refractivity (Wildman–Crippen MR) is 89.6 cm³/mol. The lowest BCUT2D eigenvalue weighted by atomic mass is 10.0. The van der Waals surface area contributed by atoms with Crippen molar-refractivity contribution in [2.45, 2.75) is 84.5 Å².